The van der Waals surface area contributed by atoms with Crippen molar-refractivity contribution in [1.29, 1.82) is 0 Å². The zero-order valence-corrected chi connectivity index (χ0v) is 20.8. The van der Waals surface area contributed by atoms with E-state index < -0.39 is 29.1 Å². The van der Waals surface area contributed by atoms with Crippen LogP contribution in [0.5, 0.6) is 0 Å². The van der Waals surface area contributed by atoms with Gasteiger partial charge < -0.3 is 25.0 Å². The topological polar surface area (TPSA) is 97.0 Å². The molecule has 1 aliphatic carbocycles. The van der Waals surface area contributed by atoms with Gasteiger partial charge in [0.25, 0.3) is 0 Å². The van der Waals surface area contributed by atoms with E-state index in [2.05, 4.69) is 10.6 Å². The number of fused-ring (bicyclic) bond motifs is 1. The van der Waals surface area contributed by atoms with Crippen LogP contribution in [0, 0.1) is 11.8 Å². The number of nitrogens with one attached hydrogen (secondary N) is 2. The molecule has 1 saturated carbocycles. The Bertz CT molecular complexity index is 1060. The number of anilines is 1. The Morgan fingerprint density at radius 2 is 1.81 bits per heavy atom. The third kappa shape index (κ3) is 3.77. The summed E-state index contributed by atoms with van der Waals surface area (Å²) in [6, 6.07) is 8.51. The van der Waals surface area contributed by atoms with Gasteiger partial charge in [0, 0.05) is 24.9 Å². The molecular weight excluding hydrogens is 458 g/mol. The fourth-order valence-electron chi connectivity index (χ4n) is 7.10. The molecule has 1 spiro atoms. The van der Waals surface area contributed by atoms with Gasteiger partial charge in [0.15, 0.2) is 0 Å². The van der Waals surface area contributed by atoms with E-state index >= 15 is 0 Å². The lowest BCUT2D eigenvalue weighted by molar-refractivity contribution is -0.145. The smallest absolute Gasteiger partial charge is 0.246 e. The highest BCUT2D eigenvalue weighted by Gasteiger charge is 2.76. The molecule has 4 aliphatic heterocycles. The second kappa shape index (κ2) is 8.99. The quantitative estimate of drug-likeness (QED) is 0.594. The Balaban J connectivity index is 1.33. The van der Waals surface area contributed by atoms with Crippen molar-refractivity contribution in [3.63, 3.8) is 0 Å². The lowest BCUT2D eigenvalue weighted by Gasteiger charge is -2.35. The molecule has 4 heterocycles. The van der Waals surface area contributed by atoms with Crippen molar-refractivity contribution in [3.8, 4) is 0 Å². The molecule has 6 rings (SSSR count). The summed E-state index contributed by atoms with van der Waals surface area (Å²) in [6.45, 7) is 2.84. The average Bonchev–Trinajstić information content (AvgIpc) is 3.61. The summed E-state index contributed by atoms with van der Waals surface area (Å²) in [4.78, 5) is 43.2. The minimum atomic E-state index is -1.16. The van der Waals surface area contributed by atoms with E-state index in [1.165, 1.54) is 6.42 Å². The van der Waals surface area contributed by atoms with Crippen molar-refractivity contribution in [2.24, 2.45) is 11.8 Å². The van der Waals surface area contributed by atoms with E-state index in [1.54, 1.807) is 4.90 Å². The van der Waals surface area contributed by atoms with Gasteiger partial charge in [-0.05, 0) is 44.7 Å². The molecule has 6 atom stereocenters. The Labute approximate surface area is 211 Å². The van der Waals surface area contributed by atoms with Gasteiger partial charge in [-0.25, -0.2) is 0 Å². The highest BCUT2D eigenvalue weighted by molar-refractivity contribution is 6.03. The van der Waals surface area contributed by atoms with Crippen LogP contribution < -0.4 is 10.6 Å². The van der Waals surface area contributed by atoms with Gasteiger partial charge in [-0.1, -0.05) is 49.6 Å². The van der Waals surface area contributed by atoms with E-state index in [4.69, 9.17) is 9.47 Å². The molecule has 0 aromatic heterocycles. The third-order valence-electron chi connectivity index (χ3n) is 8.74. The van der Waals surface area contributed by atoms with Crippen LogP contribution in [0.1, 0.15) is 51.9 Å². The SMILES string of the molecule is CC12C=CC3(O1)C(C(=O)N(CC1CCCO1)C3C(=O)NC1CCCCC1)C2C(=O)Nc1ccccc1. The maximum Gasteiger partial charge on any atom is 0.246 e. The second-order valence-electron chi connectivity index (χ2n) is 11.2. The number of hydrogen-bond donors (Lipinski definition) is 2. The van der Waals surface area contributed by atoms with Crippen LogP contribution in [0.2, 0.25) is 0 Å². The monoisotopic (exact) mass is 493 g/mol. The number of carbonyl (C=O) groups is 3. The van der Waals surface area contributed by atoms with E-state index in [-0.39, 0.29) is 29.9 Å². The number of hydrogen-bond acceptors (Lipinski definition) is 5. The number of para-hydroxylation sites is 1. The molecule has 4 fully saturated rings. The molecule has 3 amide bonds. The summed E-state index contributed by atoms with van der Waals surface area (Å²) in [5.74, 6) is -2.16. The van der Waals surface area contributed by atoms with Gasteiger partial charge in [0.05, 0.1) is 23.5 Å². The fraction of sp³-hybridized carbons (Fsp3) is 0.607. The van der Waals surface area contributed by atoms with Crippen molar-refractivity contribution in [2.75, 3.05) is 18.5 Å². The molecule has 36 heavy (non-hydrogen) atoms. The summed E-state index contributed by atoms with van der Waals surface area (Å²) in [5.41, 5.74) is -1.46. The van der Waals surface area contributed by atoms with Crippen LogP contribution in [-0.4, -0.2) is 65.2 Å². The summed E-state index contributed by atoms with van der Waals surface area (Å²) in [7, 11) is 0. The highest BCUT2D eigenvalue weighted by Crippen LogP contribution is 2.60. The normalized spacial score (nSPS) is 37.4. The lowest BCUT2D eigenvalue weighted by atomic mass is 9.70. The standard InChI is InChI=1S/C28H35N3O5/c1-27-14-15-28(36-27)22(21(27)24(32)29-18-9-4-2-5-10-18)26(34)31(17-20-13-8-16-35-20)23(28)25(33)30-19-11-6-3-7-12-19/h2,4-5,9-10,14-15,19-23H,3,6-8,11-13,16-17H2,1H3,(H,29,32)(H,30,33). The Morgan fingerprint density at radius 1 is 1.03 bits per heavy atom. The van der Waals surface area contributed by atoms with Gasteiger partial charge in [0.1, 0.15) is 11.6 Å². The Hall–Kier alpha value is -2.71. The molecule has 8 heteroatoms. The van der Waals surface area contributed by atoms with Crippen LogP contribution in [0.25, 0.3) is 0 Å². The molecule has 1 aromatic carbocycles. The number of ether oxygens (including phenoxy) is 2. The maximum atomic E-state index is 14.1. The van der Waals surface area contributed by atoms with E-state index in [0.717, 1.165) is 38.5 Å². The first-order valence-corrected chi connectivity index (χ1v) is 13.4. The molecule has 6 unspecified atom stereocenters. The van der Waals surface area contributed by atoms with Crippen molar-refractivity contribution in [1.82, 2.24) is 10.2 Å². The molecule has 2 N–H and O–H groups in total. The number of benzene rings is 1. The van der Waals surface area contributed by atoms with Crippen LogP contribution >= 0.6 is 0 Å². The lowest BCUT2D eigenvalue weighted by Crippen LogP contribution is -2.57. The van der Waals surface area contributed by atoms with Gasteiger partial charge >= 0.3 is 0 Å². The van der Waals surface area contributed by atoms with E-state index in [9.17, 15) is 14.4 Å². The fourth-order valence-corrected chi connectivity index (χ4v) is 7.10. The van der Waals surface area contributed by atoms with Crippen LogP contribution in [0.3, 0.4) is 0 Å². The summed E-state index contributed by atoms with van der Waals surface area (Å²) in [5, 5.41) is 6.21. The molecule has 1 aromatic rings. The Kier molecular flexibility index (Phi) is 5.91. The molecular formula is C28H35N3O5. The number of rotatable bonds is 6. The summed E-state index contributed by atoms with van der Waals surface area (Å²) in [6.07, 6.45) is 10.7. The van der Waals surface area contributed by atoms with Crippen LogP contribution in [-0.2, 0) is 23.9 Å². The zero-order chi connectivity index (χ0) is 24.9. The molecule has 5 aliphatic rings. The third-order valence-corrected chi connectivity index (χ3v) is 8.74. The number of amides is 3. The minimum Gasteiger partial charge on any atom is -0.376 e. The summed E-state index contributed by atoms with van der Waals surface area (Å²) < 4.78 is 12.4. The van der Waals surface area contributed by atoms with Gasteiger partial charge in [-0.3, -0.25) is 14.4 Å². The van der Waals surface area contributed by atoms with Gasteiger partial charge in [-0.2, -0.15) is 0 Å². The zero-order valence-electron chi connectivity index (χ0n) is 20.8. The molecule has 192 valence electrons. The summed E-state index contributed by atoms with van der Waals surface area (Å²) >= 11 is 0. The largest absolute Gasteiger partial charge is 0.376 e. The maximum absolute atomic E-state index is 14.1. The first kappa shape index (κ1) is 23.7. The predicted molar refractivity (Wildman–Crippen MR) is 133 cm³/mol. The van der Waals surface area contributed by atoms with Crippen LogP contribution in [0.15, 0.2) is 42.5 Å². The first-order chi connectivity index (χ1) is 17.4. The van der Waals surface area contributed by atoms with Gasteiger partial charge in [-0.15, -0.1) is 0 Å². The highest BCUT2D eigenvalue weighted by atomic mass is 16.5. The number of carbonyl (C=O) groups excluding carboxylic acids is 3. The van der Waals surface area contributed by atoms with Crippen molar-refractivity contribution in [3.05, 3.63) is 42.5 Å². The van der Waals surface area contributed by atoms with Crippen molar-refractivity contribution in [2.45, 2.75) is 81.3 Å². The average molecular weight is 494 g/mol. The Morgan fingerprint density at radius 3 is 2.53 bits per heavy atom. The van der Waals surface area contributed by atoms with E-state index in [0.29, 0.717) is 18.8 Å². The molecule has 2 bridgehead atoms. The number of likely N-dealkylation sites (tertiary alicyclic amines) is 1. The first-order valence-electron chi connectivity index (χ1n) is 13.4. The van der Waals surface area contributed by atoms with E-state index in [1.807, 2.05) is 49.4 Å². The minimum absolute atomic E-state index is 0.108. The molecule has 3 saturated heterocycles. The molecule has 0 radical (unpaired) electrons. The van der Waals surface area contributed by atoms with Crippen molar-refractivity contribution >= 4 is 23.4 Å². The van der Waals surface area contributed by atoms with Crippen molar-refractivity contribution < 1.29 is 23.9 Å². The number of nitrogens with zero attached hydrogens (tertiary/aromatic N) is 1. The van der Waals surface area contributed by atoms with Gasteiger partial charge in [0.2, 0.25) is 17.7 Å². The predicted octanol–water partition coefficient (Wildman–Crippen LogP) is 2.79. The van der Waals surface area contributed by atoms with Crippen LogP contribution in [0.4, 0.5) is 5.69 Å². The molecule has 8 nitrogen and oxygen atoms in total. The second-order valence-corrected chi connectivity index (χ2v) is 11.2.